The lowest BCUT2D eigenvalue weighted by atomic mass is 9.48. The molecule has 0 radical (unpaired) electrons. The van der Waals surface area contributed by atoms with Gasteiger partial charge in [0.25, 0.3) is 0 Å². The molecule has 0 aromatic carbocycles. The molecule has 0 saturated heterocycles. The van der Waals surface area contributed by atoms with Gasteiger partial charge in [-0.15, -0.1) is 0 Å². The summed E-state index contributed by atoms with van der Waals surface area (Å²) < 4.78 is 0. The fourth-order valence-corrected chi connectivity index (χ4v) is 7.98. The fourth-order valence-electron chi connectivity index (χ4n) is 7.98. The van der Waals surface area contributed by atoms with E-state index in [9.17, 15) is 20.4 Å². The standard InChI is InChI=1S/C26H42O4/c1-15(14-27)5-6-16(2)20-13-23(30)24-18-12-22(29)21-11-17(28)7-9-25(21,3)19(18)8-10-26(20,24)4/h5-6,15-17,19-23,27-30H,7-14H2,1-4H3. The van der Waals surface area contributed by atoms with Gasteiger partial charge in [0.2, 0.25) is 0 Å². The number of hydrogen-bond acceptors (Lipinski definition) is 4. The van der Waals surface area contributed by atoms with Crippen molar-refractivity contribution in [3.05, 3.63) is 23.3 Å². The normalized spacial score (nSPS) is 48.3. The Morgan fingerprint density at radius 2 is 1.77 bits per heavy atom. The first kappa shape index (κ1) is 22.5. The van der Waals surface area contributed by atoms with E-state index in [-0.39, 0.29) is 35.4 Å². The first-order chi connectivity index (χ1) is 14.1. The zero-order chi connectivity index (χ0) is 21.8. The Morgan fingerprint density at radius 1 is 1.03 bits per heavy atom. The van der Waals surface area contributed by atoms with Crippen molar-refractivity contribution in [1.82, 2.24) is 0 Å². The number of allylic oxidation sites excluding steroid dienone is 1. The third-order valence-corrected chi connectivity index (χ3v) is 9.71. The molecule has 4 aliphatic carbocycles. The van der Waals surface area contributed by atoms with Crippen LogP contribution in [-0.2, 0) is 0 Å². The summed E-state index contributed by atoms with van der Waals surface area (Å²) in [5.74, 6) is 1.47. The van der Waals surface area contributed by atoms with E-state index < -0.39 is 12.2 Å². The molecule has 4 N–H and O–H groups in total. The quantitative estimate of drug-likeness (QED) is 0.523. The summed E-state index contributed by atoms with van der Waals surface area (Å²) in [6, 6.07) is 0. The van der Waals surface area contributed by atoms with Gasteiger partial charge in [0.05, 0.1) is 18.3 Å². The molecule has 0 amide bonds. The zero-order valence-electron chi connectivity index (χ0n) is 19.2. The predicted octanol–water partition coefficient (Wildman–Crippen LogP) is 3.83. The third kappa shape index (κ3) is 3.43. The van der Waals surface area contributed by atoms with Crippen LogP contribution in [0.15, 0.2) is 23.3 Å². The molecule has 10 unspecified atom stereocenters. The van der Waals surface area contributed by atoms with Crippen molar-refractivity contribution in [1.29, 1.82) is 0 Å². The van der Waals surface area contributed by atoms with Crippen molar-refractivity contribution in [2.24, 2.45) is 40.4 Å². The smallest absolute Gasteiger partial charge is 0.0761 e. The Hall–Kier alpha value is -0.680. The van der Waals surface area contributed by atoms with Gasteiger partial charge in [-0.25, -0.2) is 0 Å². The molecule has 0 spiro atoms. The van der Waals surface area contributed by atoms with Gasteiger partial charge in [-0.2, -0.15) is 0 Å². The largest absolute Gasteiger partial charge is 0.396 e. The van der Waals surface area contributed by atoms with Crippen LogP contribution < -0.4 is 0 Å². The molecule has 4 heteroatoms. The molecule has 170 valence electrons. The molecule has 30 heavy (non-hydrogen) atoms. The molecule has 0 aromatic heterocycles. The monoisotopic (exact) mass is 418 g/mol. The second kappa shape index (κ2) is 8.03. The van der Waals surface area contributed by atoms with Gasteiger partial charge < -0.3 is 20.4 Å². The van der Waals surface area contributed by atoms with Crippen LogP contribution in [0.3, 0.4) is 0 Å². The van der Waals surface area contributed by atoms with Gasteiger partial charge >= 0.3 is 0 Å². The molecule has 3 fully saturated rings. The van der Waals surface area contributed by atoms with Crippen molar-refractivity contribution >= 4 is 0 Å². The molecule has 0 heterocycles. The van der Waals surface area contributed by atoms with E-state index in [0.29, 0.717) is 30.6 Å². The van der Waals surface area contributed by atoms with Crippen molar-refractivity contribution in [3.8, 4) is 0 Å². The summed E-state index contributed by atoms with van der Waals surface area (Å²) in [6.45, 7) is 9.11. The summed E-state index contributed by atoms with van der Waals surface area (Å²) >= 11 is 0. The van der Waals surface area contributed by atoms with Crippen LogP contribution in [0, 0.1) is 40.4 Å². The van der Waals surface area contributed by atoms with Crippen molar-refractivity contribution in [2.45, 2.75) is 91.0 Å². The highest BCUT2D eigenvalue weighted by atomic mass is 16.3. The van der Waals surface area contributed by atoms with Crippen molar-refractivity contribution < 1.29 is 20.4 Å². The predicted molar refractivity (Wildman–Crippen MR) is 119 cm³/mol. The summed E-state index contributed by atoms with van der Waals surface area (Å²) in [7, 11) is 0. The molecule has 0 aliphatic heterocycles. The summed E-state index contributed by atoms with van der Waals surface area (Å²) in [5, 5.41) is 41.9. The summed E-state index contributed by atoms with van der Waals surface area (Å²) in [5.41, 5.74) is 2.60. The summed E-state index contributed by atoms with van der Waals surface area (Å²) in [6.07, 6.45) is 9.40. The molecule has 4 nitrogen and oxygen atoms in total. The molecular weight excluding hydrogens is 376 g/mol. The lowest BCUT2D eigenvalue weighted by Crippen LogP contribution is -2.53. The van der Waals surface area contributed by atoms with E-state index in [1.165, 1.54) is 11.1 Å². The molecule has 0 bridgehead atoms. The number of aliphatic hydroxyl groups excluding tert-OH is 4. The Labute approximate surface area is 182 Å². The van der Waals surface area contributed by atoms with Gasteiger partial charge in [-0.3, -0.25) is 0 Å². The van der Waals surface area contributed by atoms with Crippen molar-refractivity contribution in [2.75, 3.05) is 6.61 Å². The highest BCUT2D eigenvalue weighted by molar-refractivity contribution is 5.38. The van der Waals surface area contributed by atoms with Crippen LogP contribution in [0.25, 0.3) is 0 Å². The van der Waals surface area contributed by atoms with Gasteiger partial charge in [0, 0.05) is 6.61 Å². The fraction of sp³-hybridized carbons (Fsp3) is 0.846. The second-order valence-corrected chi connectivity index (χ2v) is 11.5. The lowest BCUT2D eigenvalue weighted by Gasteiger charge is -2.58. The lowest BCUT2D eigenvalue weighted by molar-refractivity contribution is -0.0965. The van der Waals surface area contributed by atoms with E-state index in [2.05, 4.69) is 32.9 Å². The number of aliphatic hydroxyl groups is 4. The number of hydrogen-bond donors (Lipinski definition) is 4. The van der Waals surface area contributed by atoms with Crippen molar-refractivity contribution in [3.63, 3.8) is 0 Å². The van der Waals surface area contributed by atoms with Gasteiger partial charge in [0.1, 0.15) is 0 Å². The average molecular weight is 419 g/mol. The maximum atomic E-state index is 11.2. The van der Waals surface area contributed by atoms with Crippen LogP contribution in [0.1, 0.15) is 72.6 Å². The van der Waals surface area contributed by atoms with E-state index in [1.54, 1.807) is 0 Å². The first-order valence-corrected chi connectivity index (χ1v) is 12.2. The van der Waals surface area contributed by atoms with E-state index in [1.807, 2.05) is 6.92 Å². The molecule has 4 rings (SSSR count). The molecule has 10 atom stereocenters. The molecule has 0 aromatic rings. The minimum atomic E-state index is -0.417. The maximum absolute atomic E-state index is 11.2. The van der Waals surface area contributed by atoms with Crippen LogP contribution >= 0.6 is 0 Å². The highest BCUT2D eigenvalue weighted by Crippen LogP contribution is 2.65. The Balaban J connectivity index is 1.68. The Kier molecular flexibility index (Phi) is 6.02. The first-order valence-electron chi connectivity index (χ1n) is 12.2. The average Bonchev–Trinajstić information content (AvgIpc) is 2.98. The SMILES string of the molecule is CC(C=CC(C)C1CC(O)C2=C3CC(O)C4CC(O)CCC4(C)C3CCC21C)CO. The summed E-state index contributed by atoms with van der Waals surface area (Å²) in [4.78, 5) is 0. The van der Waals surface area contributed by atoms with E-state index in [4.69, 9.17) is 0 Å². The van der Waals surface area contributed by atoms with Crippen LogP contribution in [0.4, 0.5) is 0 Å². The zero-order valence-corrected chi connectivity index (χ0v) is 19.2. The molecule has 3 saturated carbocycles. The molecular formula is C26H42O4. The van der Waals surface area contributed by atoms with Gasteiger partial charge in [-0.05, 0) is 90.9 Å². The topological polar surface area (TPSA) is 80.9 Å². The van der Waals surface area contributed by atoms with Gasteiger partial charge in [0.15, 0.2) is 0 Å². The van der Waals surface area contributed by atoms with Crippen LogP contribution in [0.2, 0.25) is 0 Å². The van der Waals surface area contributed by atoms with E-state index in [0.717, 1.165) is 32.1 Å². The number of fused-ring (bicyclic) bond motifs is 4. The van der Waals surface area contributed by atoms with Gasteiger partial charge in [-0.1, -0.05) is 45.4 Å². The third-order valence-electron chi connectivity index (χ3n) is 9.71. The maximum Gasteiger partial charge on any atom is 0.0761 e. The highest BCUT2D eigenvalue weighted by Gasteiger charge is 2.59. The minimum absolute atomic E-state index is 0.0193. The Morgan fingerprint density at radius 3 is 2.47 bits per heavy atom. The Bertz CT molecular complexity index is 714. The van der Waals surface area contributed by atoms with Crippen LogP contribution in [-0.4, -0.2) is 45.3 Å². The number of rotatable bonds is 4. The van der Waals surface area contributed by atoms with Crippen LogP contribution in [0.5, 0.6) is 0 Å². The van der Waals surface area contributed by atoms with E-state index >= 15 is 0 Å². The minimum Gasteiger partial charge on any atom is -0.396 e. The molecule has 4 aliphatic rings. The second-order valence-electron chi connectivity index (χ2n) is 11.5.